The van der Waals surface area contributed by atoms with Crippen LogP contribution in [0.15, 0.2) is 30.6 Å². The van der Waals surface area contributed by atoms with Crippen LogP contribution < -0.4 is 5.32 Å². The standard InChI is InChI=1S/C12H12N4O3/c1-2-19-12(18)8-3-5-9(6-4-8)15-11(17)10-13-7-14-16-10/h3-7H,2H2,1H3,(H,15,17)(H,13,14,16). The highest BCUT2D eigenvalue weighted by Crippen LogP contribution is 2.11. The maximum atomic E-state index is 11.7. The summed E-state index contributed by atoms with van der Waals surface area (Å²) in [6, 6.07) is 6.38. The van der Waals surface area contributed by atoms with Crippen molar-refractivity contribution < 1.29 is 14.3 Å². The van der Waals surface area contributed by atoms with E-state index < -0.39 is 11.9 Å². The molecule has 2 aromatic rings. The van der Waals surface area contributed by atoms with Gasteiger partial charge in [0.2, 0.25) is 5.82 Å². The Hall–Kier alpha value is -2.70. The third kappa shape index (κ3) is 3.15. The average molecular weight is 260 g/mol. The van der Waals surface area contributed by atoms with Crippen LogP contribution in [0.2, 0.25) is 0 Å². The zero-order valence-electron chi connectivity index (χ0n) is 10.2. The summed E-state index contributed by atoms with van der Waals surface area (Å²) in [6.45, 7) is 2.06. The van der Waals surface area contributed by atoms with Gasteiger partial charge >= 0.3 is 5.97 Å². The number of hydrogen-bond acceptors (Lipinski definition) is 5. The van der Waals surface area contributed by atoms with Crippen molar-refractivity contribution in [2.24, 2.45) is 0 Å². The van der Waals surface area contributed by atoms with E-state index in [1.807, 2.05) is 0 Å². The predicted molar refractivity (Wildman–Crippen MR) is 66.7 cm³/mol. The summed E-state index contributed by atoms with van der Waals surface area (Å²) in [7, 11) is 0. The Bertz CT molecular complexity index is 563. The van der Waals surface area contributed by atoms with E-state index in [0.29, 0.717) is 17.9 Å². The van der Waals surface area contributed by atoms with Crippen LogP contribution in [0.4, 0.5) is 5.69 Å². The summed E-state index contributed by atoms with van der Waals surface area (Å²) in [6.07, 6.45) is 1.25. The molecule has 2 rings (SSSR count). The van der Waals surface area contributed by atoms with Crippen molar-refractivity contribution >= 4 is 17.6 Å². The van der Waals surface area contributed by atoms with Crippen molar-refractivity contribution in [1.82, 2.24) is 15.2 Å². The molecule has 2 N–H and O–H groups in total. The third-order valence-electron chi connectivity index (χ3n) is 2.28. The van der Waals surface area contributed by atoms with E-state index in [1.54, 1.807) is 31.2 Å². The molecule has 0 bridgehead atoms. The number of nitrogens with zero attached hydrogens (tertiary/aromatic N) is 2. The Morgan fingerprint density at radius 2 is 2.05 bits per heavy atom. The molecule has 7 heteroatoms. The molecular formula is C12H12N4O3. The van der Waals surface area contributed by atoms with Gasteiger partial charge in [-0.1, -0.05) is 0 Å². The normalized spacial score (nSPS) is 9.95. The van der Waals surface area contributed by atoms with Gasteiger partial charge < -0.3 is 10.1 Å². The number of nitrogens with one attached hydrogen (secondary N) is 2. The first kappa shape index (κ1) is 12.7. The molecule has 1 aromatic heterocycles. The Morgan fingerprint density at radius 1 is 1.32 bits per heavy atom. The minimum absolute atomic E-state index is 0.120. The lowest BCUT2D eigenvalue weighted by Crippen LogP contribution is -2.14. The molecule has 0 radical (unpaired) electrons. The van der Waals surface area contributed by atoms with E-state index in [0.717, 1.165) is 0 Å². The lowest BCUT2D eigenvalue weighted by Gasteiger charge is -2.04. The van der Waals surface area contributed by atoms with Crippen LogP contribution in [-0.4, -0.2) is 33.7 Å². The van der Waals surface area contributed by atoms with E-state index in [-0.39, 0.29) is 5.82 Å². The van der Waals surface area contributed by atoms with Gasteiger partial charge in [-0.3, -0.25) is 9.89 Å². The van der Waals surface area contributed by atoms with Gasteiger partial charge in [0.15, 0.2) is 0 Å². The molecule has 0 unspecified atom stereocenters. The van der Waals surface area contributed by atoms with Gasteiger partial charge in [0.1, 0.15) is 6.33 Å². The number of esters is 1. The summed E-state index contributed by atoms with van der Waals surface area (Å²) in [5.41, 5.74) is 0.981. The van der Waals surface area contributed by atoms with Crippen molar-refractivity contribution in [3.8, 4) is 0 Å². The molecule has 0 saturated carbocycles. The second-order valence-corrected chi connectivity index (χ2v) is 3.59. The number of ether oxygens (including phenoxy) is 1. The topological polar surface area (TPSA) is 97.0 Å². The van der Waals surface area contributed by atoms with Crippen LogP contribution in [0.3, 0.4) is 0 Å². The van der Waals surface area contributed by atoms with Gasteiger partial charge in [-0.15, -0.1) is 0 Å². The van der Waals surface area contributed by atoms with E-state index >= 15 is 0 Å². The summed E-state index contributed by atoms with van der Waals surface area (Å²) in [5, 5.41) is 8.66. The first-order chi connectivity index (χ1) is 9.20. The Morgan fingerprint density at radius 3 is 2.63 bits per heavy atom. The number of aromatic nitrogens is 3. The molecule has 1 amide bonds. The van der Waals surface area contributed by atoms with Gasteiger partial charge in [0, 0.05) is 5.69 Å². The second-order valence-electron chi connectivity index (χ2n) is 3.59. The van der Waals surface area contributed by atoms with Crippen LogP contribution >= 0.6 is 0 Å². The summed E-state index contributed by atoms with van der Waals surface area (Å²) in [4.78, 5) is 26.8. The molecule has 1 heterocycles. The largest absolute Gasteiger partial charge is 0.462 e. The fourth-order valence-corrected chi connectivity index (χ4v) is 1.41. The molecule has 98 valence electrons. The van der Waals surface area contributed by atoms with Crippen LogP contribution in [0.25, 0.3) is 0 Å². The highest BCUT2D eigenvalue weighted by molar-refractivity contribution is 6.01. The van der Waals surface area contributed by atoms with Gasteiger partial charge in [-0.05, 0) is 31.2 Å². The summed E-state index contributed by atoms with van der Waals surface area (Å²) >= 11 is 0. The number of H-pyrrole nitrogens is 1. The van der Waals surface area contributed by atoms with Gasteiger partial charge in [-0.25, -0.2) is 9.78 Å². The van der Waals surface area contributed by atoms with Crippen molar-refractivity contribution in [1.29, 1.82) is 0 Å². The zero-order chi connectivity index (χ0) is 13.7. The lowest BCUT2D eigenvalue weighted by atomic mass is 10.2. The second kappa shape index (κ2) is 5.76. The maximum Gasteiger partial charge on any atom is 0.338 e. The first-order valence-corrected chi connectivity index (χ1v) is 5.64. The average Bonchev–Trinajstić information content (AvgIpc) is 2.94. The lowest BCUT2D eigenvalue weighted by molar-refractivity contribution is 0.0526. The number of carbonyl (C=O) groups is 2. The van der Waals surface area contributed by atoms with Crippen molar-refractivity contribution in [3.05, 3.63) is 42.0 Å². The summed E-state index contributed by atoms with van der Waals surface area (Å²) in [5.74, 6) is -0.675. The molecular weight excluding hydrogens is 248 g/mol. The molecule has 0 aliphatic rings. The molecule has 0 atom stereocenters. The van der Waals surface area contributed by atoms with Crippen LogP contribution in [0, 0.1) is 0 Å². The van der Waals surface area contributed by atoms with Gasteiger partial charge in [0.25, 0.3) is 5.91 Å². The molecule has 0 spiro atoms. The Kier molecular flexibility index (Phi) is 3.87. The summed E-state index contributed by atoms with van der Waals surface area (Å²) < 4.78 is 4.86. The number of rotatable bonds is 4. The molecule has 0 aliphatic heterocycles. The SMILES string of the molecule is CCOC(=O)c1ccc(NC(=O)c2ncn[nH]2)cc1. The Labute approximate surface area is 109 Å². The maximum absolute atomic E-state index is 11.7. The van der Waals surface area contributed by atoms with Crippen molar-refractivity contribution in [2.75, 3.05) is 11.9 Å². The third-order valence-corrected chi connectivity index (χ3v) is 2.28. The monoisotopic (exact) mass is 260 g/mol. The van der Waals surface area contributed by atoms with Crippen molar-refractivity contribution in [2.45, 2.75) is 6.92 Å². The van der Waals surface area contributed by atoms with Crippen LogP contribution in [0.1, 0.15) is 27.9 Å². The van der Waals surface area contributed by atoms with Gasteiger partial charge in [0.05, 0.1) is 12.2 Å². The molecule has 0 fully saturated rings. The number of benzene rings is 1. The first-order valence-electron chi connectivity index (χ1n) is 5.64. The number of aromatic amines is 1. The van der Waals surface area contributed by atoms with Crippen molar-refractivity contribution in [3.63, 3.8) is 0 Å². The number of hydrogen-bond donors (Lipinski definition) is 2. The highest BCUT2D eigenvalue weighted by atomic mass is 16.5. The smallest absolute Gasteiger partial charge is 0.338 e. The zero-order valence-corrected chi connectivity index (χ0v) is 10.2. The van der Waals surface area contributed by atoms with Crippen LogP contribution in [-0.2, 0) is 4.74 Å². The predicted octanol–water partition coefficient (Wildman–Crippen LogP) is 1.23. The molecule has 19 heavy (non-hydrogen) atoms. The van der Waals surface area contributed by atoms with E-state index in [2.05, 4.69) is 20.5 Å². The molecule has 1 aromatic carbocycles. The minimum Gasteiger partial charge on any atom is -0.462 e. The van der Waals surface area contributed by atoms with E-state index in [4.69, 9.17) is 4.74 Å². The molecule has 0 aliphatic carbocycles. The number of anilines is 1. The Balaban J connectivity index is 2.03. The minimum atomic E-state index is -0.401. The molecule has 0 saturated heterocycles. The highest BCUT2D eigenvalue weighted by Gasteiger charge is 2.10. The quantitative estimate of drug-likeness (QED) is 0.806. The fraction of sp³-hybridized carbons (Fsp3) is 0.167. The fourth-order valence-electron chi connectivity index (χ4n) is 1.41. The number of amides is 1. The number of carbonyl (C=O) groups excluding carboxylic acids is 2. The molecule has 7 nitrogen and oxygen atoms in total. The van der Waals surface area contributed by atoms with E-state index in [1.165, 1.54) is 6.33 Å². The van der Waals surface area contributed by atoms with Gasteiger partial charge in [-0.2, -0.15) is 5.10 Å². The van der Waals surface area contributed by atoms with Crippen LogP contribution in [0.5, 0.6) is 0 Å². The van der Waals surface area contributed by atoms with E-state index in [9.17, 15) is 9.59 Å².